The van der Waals surface area contributed by atoms with Crippen LogP contribution in [0, 0.1) is 0 Å². The van der Waals surface area contributed by atoms with Crippen LogP contribution in [0.4, 0.5) is 5.69 Å². The second kappa shape index (κ2) is 8.60. The van der Waals surface area contributed by atoms with Crippen molar-refractivity contribution in [2.45, 2.75) is 12.0 Å². The molecular weight excluding hydrogens is 458 g/mol. The zero-order chi connectivity index (χ0) is 19.5. The van der Waals surface area contributed by atoms with Gasteiger partial charge in [-0.2, -0.15) is 0 Å². The second-order valence-corrected chi connectivity index (χ2v) is 8.81. The number of halogens is 2. The number of carbonyl (C=O) groups is 1. The van der Waals surface area contributed by atoms with Crippen LogP contribution < -0.4 is 9.64 Å². The molecule has 0 saturated carbocycles. The van der Waals surface area contributed by atoms with E-state index >= 15 is 0 Å². The number of thioether (sulfide) groups is 1. The van der Waals surface area contributed by atoms with Crippen molar-refractivity contribution in [3.8, 4) is 5.75 Å². The molecule has 4 rings (SSSR count). The van der Waals surface area contributed by atoms with E-state index < -0.39 is 0 Å². The molecule has 28 heavy (non-hydrogen) atoms. The Labute approximate surface area is 181 Å². The Bertz CT molecular complexity index is 979. The third kappa shape index (κ3) is 4.37. The summed E-state index contributed by atoms with van der Waals surface area (Å²) in [5.41, 5.74) is 2.99. The molecule has 0 aromatic heterocycles. The summed E-state index contributed by atoms with van der Waals surface area (Å²) in [5.74, 6) is 1.34. The molecule has 1 amide bonds. The topological polar surface area (TPSA) is 29.5 Å². The molecule has 3 aromatic rings. The summed E-state index contributed by atoms with van der Waals surface area (Å²) in [6.07, 6.45) is 0. The molecule has 0 unspecified atom stereocenters. The van der Waals surface area contributed by atoms with Crippen molar-refractivity contribution in [1.29, 1.82) is 0 Å². The minimum atomic E-state index is -0.0788. The van der Waals surface area contributed by atoms with Crippen molar-refractivity contribution >= 4 is 50.9 Å². The Hall–Kier alpha value is -1.95. The number of anilines is 1. The van der Waals surface area contributed by atoms with Gasteiger partial charge in [-0.15, -0.1) is 11.8 Å². The fourth-order valence-corrected chi connectivity index (χ4v) is 4.61. The van der Waals surface area contributed by atoms with Gasteiger partial charge < -0.3 is 4.74 Å². The lowest BCUT2D eigenvalue weighted by molar-refractivity contribution is -0.115. The maximum Gasteiger partial charge on any atom is 0.238 e. The summed E-state index contributed by atoms with van der Waals surface area (Å²) in [7, 11) is 0. The Morgan fingerprint density at radius 2 is 1.82 bits per heavy atom. The van der Waals surface area contributed by atoms with Gasteiger partial charge in [0, 0.05) is 15.2 Å². The highest BCUT2D eigenvalue weighted by atomic mass is 79.9. The first-order chi connectivity index (χ1) is 13.6. The van der Waals surface area contributed by atoms with E-state index in [1.165, 1.54) is 0 Å². The molecule has 1 fully saturated rings. The van der Waals surface area contributed by atoms with Crippen LogP contribution in [-0.2, 0) is 11.4 Å². The van der Waals surface area contributed by atoms with Gasteiger partial charge in [0.15, 0.2) is 0 Å². The lowest BCUT2D eigenvalue weighted by Crippen LogP contribution is -2.27. The van der Waals surface area contributed by atoms with Gasteiger partial charge in [-0.25, -0.2) is 0 Å². The van der Waals surface area contributed by atoms with E-state index in [2.05, 4.69) is 15.9 Å². The van der Waals surface area contributed by atoms with Crippen molar-refractivity contribution in [3.63, 3.8) is 0 Å². The molecule has 1 atom stereocenters. The summed E-state index contributed by atoms with van der Waals surface area (Å²) < 4.78 is 7.02. The Kier molecular flexibility index (Phi) is 5.95. The van der Waals surface area contributed by atoms with Crippen LogP contribution in [0.5, 0.6) is 5.75 Å². The molecule has 6 heteroatoms. The van der Waals surface area contributed by atoms with E-state index in [0.29, 0.717) is 17.4 Å². The average molecular weight is 475 g/mol. The molecule has 1 saturated heterocycles. The Balaban J connectivity index is 1.53. The number of rotatable bonds is 5. The van der Waals surface area contributed by atoms with E-state index in [1.54, 1.807) is 11.8 Å². The fourth-order valence-electron chi connectivity index (χ4n) is 3.06. The number of hydrogen-bond acceptors (Lipinski definition) is 3. The van der Waals surface area contributed by atoms with E-state index in [4.69, 9.17) is 16.3 Å². The van der Waals surface area contributed by atoms with E-state index in [0.717, 1.165) is 27.0 Å². The van der Waals surface area contributed by atoms with E-state index in [-0.39, 0.29) is 11.3 Å². The first kappa shape index (κ1) is 19.4. The largest absolute Gasteiger partial charge is 0.489 e. The van der Waals surface area contributed by atoms with E-state index in [9.17, 15) is 4.79 Å². The molecule has 3 nitrogen and oxygen atoms in total. The van der Waals surface area contributed by atoms with Crippen LogP contribution in [0.3, 0.4) is 0 Å². The van der Waals surface area contributed by atoms with Crippen molar-refractivity contribution in [1.82, 2.24) is 0 Å². The fraction of sp³-hybridized carbons (Fsp3) is 0.136. The highest BCUT2D eigenvalue weighted by molar-refractivity contribution is 9.10. The smallest absolute Gasteiger partial charge is 0.238 e. The number of carbonyl (C=O) groups excluding carboxylic acids is 1. The monoisotopic (exact) mass is 473 g/mol. The SMILES string of the molecule is O=C1CS[C@@H](c2cccc(OCc3ccc(Br)cc3)c2)N1c1ccc(Cl)cc1. The Morgan fingerprint density at radius 3 is 2.57 bits per heavy atom. The van der Waals surface area contributed by atoms with Gasteiger partial charge in [-0.1, -0.05) is 51.8 Å². The molecule has 3 aromatic carbocycles. The first-order valence-electron chi connectivity index (χ1n) is 8.76. The number of hydrogen-bond donors (Lipinski definition) is 0. The van der Waals surface area contributed by atoms with Crippen LogP contribution in [0.1, 0.15) is 16.5 Å². The summed E-state index contributed by atoms with van der Waals surface area (Å²) in [6.45, 7) is 0.494. The number of benzene rings is 3. The highest BCUT2D eigenvalue weighted by Crippen LogP contribution is 2.42. The quantitative estimate of drug-likeness (QED) is 0.425. The highest BCUT2D eigenvalue weighted by Gasteiger charge is 2.34. The summed E-state index contributed by atoms with van der Waals surface area (Å²) in [4.78, 5) is 14.3. The zero-order valence-electron chi connectivity index (χ0n) is 14.8. The minimum absolute atomic E-state index is 0.0788. The maximum atomic E-state index is 12.5. The number of amides is 1. The van der Waals surface area contributed by atoms with E-state index in [1.807, 2.05) is 77.7 Å². The van der Waals surface area contributed by atoms with Gasteiger partial charge >= 0.3 is 0 Å². The minimum Gasteiger partial charge on any atom is -0.489 e. The predicted octanol–water partition coefficient (Wildman–Crippen LogP) is 6.46. The van der Waals surface area contributed by atoms with Gasteiger partial charge in [0.05, 0.1) is 5.75 Å². The van der Waals surface area contributed by atoms with Crippen LogP contribution in [0.2, 0.25) is 5.02 Å². The number of nitrogens with zero attached hydrogens (tertiary/aromatic N) is 1. The third-order valence-electron chi connectivity index (χ3n) is 4.43. The van der Waals surface area contributed by atoms with Gasteiger partial charge in [0.25, 0.3) is 0 Å². The zero-order valence-corrected chi connectivity index (χ0v) is 18.0. The molecule has 0 bridgehead atoms. The maximum absolute atomic E-state index is 12.5. The van der Waals surface area contributed by atoms with Crippen LogP contribution in [-0.4, -0.2) is 11.7 Å². The normalized spacial score (nSPS) is 16.4. The Morgan fingerprint density at radius 1 is 1.07 bits per heavy atom. The van der Waals surface area contributed by atoms with Crippen molar-refractivity contribution in [3.05, 3.63) is 93.4 Å². The summed E-state index contributed by atoms with van der Waals surface area (Å²) in [5, 5.41) is 0.577. The second-order valence-electron chi connectivity index (χ2n) is 6.39. The van der Waals surface area contributed by atoms with Gasteiger partial charge in [0.2, 0.25) is 5.91 Å². The third-order valence-corrected chi connectivity index (χ3v) is 6.43. The van der Waals surface area contributed by atoms with Gasteiger partial charge in [-0.3, -0.25) is 9.69 Å². The summed E-state index contributed by atoms with van der Waals surface area (Å²) >= 11 is 11.1. The van der Waals surface area contributed by atoms with Crippen molar-refractivity contribution in [2.24, 2.45) is 0 Å². The molecular formula is C22H17BrClNO2S. The van der Waals surface area contributed by atoms with Gasteiger partial charge in [0.1, 0.15) is 17.7 Å². The molecule has 1 aliphatic heterocycles. The van der Waals surface area contributed by atoms with Crippen LogP contribution in [0.25, 0.3) is 0 Å². The number of ether oxygens (including phenoxy) is 1. The molecule has 0 radical (unpaired) electrons. The van der Waals surface area contributed by atoms with Gasteiger partial charge in [-0.05, 0) is 59.7 Å². The lowest BCUT2D eigenvalue weighted by Gasteiger charge is -2.24. The molecule has 0 aliphatic carbocycles. The standard InChI is InChI=1S/C22H17BrClNO2S/c23-17-6-4-15(5-7-17)13-27-20-3-1-2-16(12-20)22-25(21(26)14-28-22)19-10-8-18(24)9-11-19/h1-12,22H,13-14H2/t22-/m0/s1. The predicted molar refractivity (Wildman–Crippen MR) is 119 cm³/mol. The summed E-state index contributed by atoms with van der Waals surface area (Å²) in [6, 6.07) is 23.4. The molecule has 0 spiro atoms. The molecule has 142 valence electrons. The molecule has 0 N–H and O–H groups in total. The van der Waals surface area contributed by atoms with Crippen LogP contribution in [0.15, 0.2) is 77.3 Å². The molecule has 1 heterocycles. The van der Waals surface area contributed by atoms with Crippen molar-refractivity contribution < 1.29 is 9.53 Å². The molecule has 1 aliphatic rings. The van der Waals surface area contributed by atoms with Crippen LogP contribution >= 0.6 is 39.3 Å². The van der Waals surface area contributed by atoms with Crippen molar-refractivity contribution in [2.75, 3.05) is 10.7 Å². The lowest BCUT2D eigenvalue weighted by atomic mass is 10.1. The average Bonchev–Trinajstić information content (AvgIpc) is 3.10. The first-order valence-corrected chi connectivity index (χ1v) is 11.0.